The maximum absolute atomic E-state index is 12.3. The molecule has 4 aromatic rings. The van der Waals surface area contributed by atoms with E-state index in [0.717, 1.165) is 41.0 Å². The zero-order valence-corrected chi connectivity index (χ0v) is 19.0. The standard InChI is InChI=1S/C26H27N5O3/c1-34-21-17-19-7-5-11-27-24(19)23(18-21)29-12-6-13-30(16-15-29)25(26(32)33)22-10-14-31(28-22)20-8-3-2-4-9-20/h2-5,7-11,14,17-18,25H,6,12-13,15-16H2,1H3,(H,32,33). The van der Waals surface area contributed by atoms with Crippen LogP contribution in [-0.2, 0) is 4.79 Å². The Morgan fingerprint density at radius 2 is 1.88 bits per heavy atom. The summed E-state index contributed by atoms with van der Waals surface area (Å²) in [5.41, 5.74) is 3.38. The normalized spacial score (nSPS) is 15.7. The highest BCUT2D eigenvalue weighted by Gasteiger charge is 2.31. The third kappa shape index (κ3) is 4.32. The fraction of sp³-hybridized carbons (Fsp3) is 0.269. The lowest BCUT2D eigenvalue weighted by Gasteiger charge is -2.27. The third-order valence-corrected chi connectivity index (χ3v) is 6.27. The van der Waals surface area contributed by atoms with E-state index in [-0.39, 0.29) is 0 Å². The molecule has 1 unspecified atom stereocenters. The summed E-state index contributed by atoms with van der Waals surface area (Å²) in [4.78, 5) is 21.2. The zero-order chi connectivity index (χ0) is 23.5. The minimum Gasteiger partial charge on any atom is -0.497 e. The molecule has 0 aliphatic carbocycles. The van der Waals surface area contributed by atoms with Crippen LogP contribution in [0, 0.1) is 0 Å². The van der Waals surface area contributed by atoms with E-state index >= 15 is 0 Å². The molecular formula is C26H27N5O3. The number of methoxy groups -OCH3 is 1. The number of aromatic nitrogens is 3. The Labute approximate surface area is 198 Å². The summed E-state index contributed by atoms with van der Waals surface area (Å²) in [6, 6.07) is 18.7. The number of anilines is 1. The highest BCUT2D eigenvalue weighted by molar-refractivity contribution is 5.92. The largest absolute Gasteiger partial charge is 0.497 e. The van der Waals surface area contributed by atoms with Gasteiger partial charge in [0.1, 0.15) is 5.75 Å². The first kappa shape index (κ1) is 21.9. The van der Waals surface area contributed by atoms with Crippen molar-refractivity contribution in [3.8, 4) is 11.4 Å². The summed E-state index contributed by atoms with van der Waals surface area (Å²) in [5, 5.41) is 15.7. The topological polar surface area (TPSA) is 83.7 Å². The summed E-state index contributed by atoms with van der Waals surface area (Å²) < 4.78 is 7.24. The quantitative estimate of drug-likeness (QED) is 0.472. The Morgan fingerprint density at radius 3 is 2.68 bits per heavy atom. The molecule has 0 amide bonds. The number of hydrogen-bond acceptors (Lipinski definition) is 6. The van der Waals surface area contributed by atoms with Crippen LogP contribution in [0.1, 0.15) is 18.2 Å². The van der Waals surface area contributed by atoms with E-state index in [9.17, 15) is 9.90 Å². The Hall–Kier alpha value is -3.91. The number of nitrogens with zero attached hydrogens (tertiary/aromatic N) is 5. The van der Waals surface area contributed by atoms with Gasteiger partial charge >= 0.3 is 5.97 Å². The molecule has 1 fully saturated rings. The van der Waals surface area contributed by atoms with E-state index in [4.69, 9.17) is 4.74 Å². The van der Waals surface area contributed by atoms with Crippen LogP contribution in [0.5, 0.6) is 5.75 Å². The van der Waals surface area contributed by atoms with Crippen LogP contribution >= 0.6 is 0 Å². The molecule has 1 aliphatic rings. The van der Waals surface area contributed by atoms with Crippen molar-refractivity contribution in [3.63, 3.8) is 0 Å². The number of pyridine rings is 1. The van der Waals surface area contributed by atoms with Gasteiger partial charge in [-0.25, -0.2) is 4.68 Å². The van der Waals surface area contributed by atoms with Crippen molar-refractivity contribution in [3.05, 3.63) is 78.8 Å². The van der Waals surface area contributed by atoms with Crippen LogP contribution in [0.3, 0.4) is 0 Å². The monoisotopic (exact) mass is 457 g/mol. The molecule has 3 heterocycles. The molecule has 0 saturated carbocycles. The second kappa shape index (κ2) is 9.52. The maximum Gasteiger partial charge on any atom is 0.327 e. The third-order valence-electron chi connectivity index (χ3n) is 6.27. The van der Waals surface area contributed by atoms with Gasteiger partial charge in [0.25, 0.3) is 0 Å². The van der Waals surface area contributed by atoms with Crippen molar-refractivity contribution < 1.29 is 14.6 Å². The maximum atomic E-state index is 12.3. The summed E-state index contributed by atoms with van der Waals surface area (Å²) in [7, 11) is 1.66. The smallest absolute Gasteiger partial charge is 0.327 e. The number of benzene rings is 2. The number of ether oxygens (including phenoxy) is 1. The molecule has 0 radical (unpaired) electrons. The van der Waals surface area contributed by atoms with Gasteiger partial charge in [-0.3, -0.25) is 14.7 Å². The van der Waals surface area contributed by atoms with Crippen LogP contribution < -0.4 is 9.64 Å². The first-order valence-corrected chi connectivity index (χ1v) is 11.4. The molecule has 2 aromatic carbocycles. The molecule has 1 aliphatic heterocycles. The number of rotatable bonds is 6. The van der Waals surface area contributed by atoms with Gasteiger partial charge in [0.15, 0.2) is 6.04 Å². The van der Waals surface area contributed by atoms with E-state index in [1.807, 2.05) is 65.7 Å². The number of fused-ring (bicyclic) bond motifs is 1. The molecular weight excluding hydrogens is 430 g/mol. The Kier molecular flexibility index (Phi) is 6.14. The van der Waals surface area contributed by atoms with E-state index in [2.05, 4.69) is 15.0 Å². The number of aliphatic carboxylic acids is 1. The van der Waals surface area contributed by atoms with Crippen molar-refractivity contribution in [2.75, 3.05) is 38.2 Å². The number of carboxylic acids is 1. The Balaban J connectivity index is 1.39. The average Bonchev–Trinajstić information content (AvgIpc) is 3.22. The minimum atomic E-state index is -0.889. The number of hydrogen-bond donors (Lipinski definition) is 1. The summed E-state index contributed by atoms with van der Waals surface area (Å²) in [6.07, 6.45) is 4.44. The highest BCUT2D eigenvalue weighted by atomic mass is 16.5. The molecule has 174 valence electrons. The first-order chi connectivity index (χ1) is 16.6. The van der Waals surface area contributed by atoms with Gasteiger partial charge < -0.3 is 14.7 Å². The lowest BCUT2D eigenvalue weighted by Crippen LogP contribution is -2.37. The van der Waals surface area contributed by atoms with Crippen molar-refractivity contribution >= 4 is 22.6 Å². The van der Waals surface area contributed by atoms with Crippen molar-refractivity contribution in [2.24, 2.45) is 0 Å². The van der Waals surface area contributed by atoms with E-state index in [1.165, 1.54) is 0 Å². The van der Waals surface area contributed by atoms with Gasteiger partial charge in [-0.15, -0.1) is 0 Å². The first-order valence-electron chi connectivity index (χ1n) is 11.4. The molecule has 8 nitrogen and oxygen atoms in total. The van der Waals surface area contributed by atoms with Crippen molar-refractivity contribution in [1.29, 1.82) is 0 Å². The number of para-hydroxylation sites is 1. The second-order valence-corrected chi connectivity index (χ2v) is 8.36. The molecule has 1 atom stereocenters. The van der Waals surface area contributed by atoms with Crippen molar-refractivity contribution in [2.45, 2.75) is 12.5 Å². The van der Waals surface area contributed by atoms with E-state index in [1.54, 1.807) is 24.1 Å². The van der Waals surface area contributed by atoms with Crippen LogP contribution in [0.25, 0.3) is 16.6 Å². The molecule has 1 saturated heterocycles. The minimum absolute atomic E-state index is 0.540. The molecule has 5 rings (SSSR count). The highest BCUT2D eigenvalue weighted by Crippen LogP contribution is 2.32. The summed E-state index contributed by atoms with van der Waals surface area (Å²) in [6.45, 7) is 2.75. The lowest BCUT2D eigenvalue weighted by atomic mass is 10.1. The number of carbonyl (C=O) groups is 1. The predicted octanol–water partition coefficient (Wildman–Crippen LogP) is 3.77. The Bertz CT molecular complexity index is 1290. The number of carboxylic acid groups (broad SMARTS) is 1. The van der Waals surface area contributed by atoms with Gasteiger partial charge in [-0.1, -0.05) is 24.3 Å². The zero-order valence-electron chi connectivity index (χ0n) is 19.0. The molecule has 8 heteroatoms. The van der Waals surface area contributed by atoms with Gasteiger partial charge in [0.05, 0.1) is 29.7 Å². The second-order valence-electron chi connectivity index (χ2n) is 8.36. The van der Waals surface area contributed by atoms with E-state index in [0.29, 0.717) is 25.3 Å². The lowest BCUT2D eigenvalue weighted by molar-refractivity contribution is -0.143. The molecule has 34 heavy (non-hydrogen) atoms. The van der Waals surface area contributed by atoms with Crippen LogP contribution in [0.4, 0.5) is 5.69 Å². The Morgan fingerprint density at radius 1 is 1.03 bits per heavy atom. The fourth-order valence-corrected chi connectivity index (χ4v) is 4.62. The van der Waals surface area contributed by atoms with Crippen LogP contribution in [0.15, 0.2) is 73.1 Å². The van der Waals surface area contributed by atoms with Gasteiger partial charge in [0.2, 0.25) is 0 Å². The van der Waals surface area contributed by atoms with E-state index < -0.39 is 12.0 Å². The average molecular weight is 458 g/mol. The van der Waals surface area contributed by atoms with Gasteiger partial charge in [-0.05, 0) is 36.8 Å². The molecule has 1 N–H and O–H groups in total. The van der Waals surface area contributed by atoms with Gasteiger partial charge in [-0.2, -0.15) is 5.10 Å². The predicted molar refractivity (Wildman–Crippen MR) is 131 cm³/mol. The van der Waals surface area contributed by atoms with Gasteiger partial charge in [0, 0.05) is 50.0 Å². The summed E-state index contributed by atoms with van der Waals surface area (Å²) in [5.74, 6) is -0.105. The molecule has 0 bridgehead atoms. The molecule has 0 spiro atoms. The fourth-order valence-electron chi connectivity index (χ4n) is 4.62. The summed E-state index contributed by atoms with van der Waals surface area (Å²) >= 11 is 0. The van der Waals surface area contributed by atoms with Crippen molar-refractivity contribution in [1.82, 2.24) is 19.7 Å². The van der Waals surface area contributed by atoms with Crippen LogP contribution in [0.2, 0.25) is 0 Å². The van der Waals surface area contributed by atoms with Crippen LogP contribution in [-0.4, -0.2) is 64.0 Å². The molecule has 2 aromatic heterocycles. The SMILES string of the molecule is COc1cc(N2CCCN(C(C(=O)O)c3ccn(-c4ccccc4)n3)CC2)c2ncccc2c1.